The predicted molar refractivity (Wildman–Crippen MR) is 75.7 cm³/mol. The van der Waals surface area contributed by atoms with Crippen molar-refractivity contribution in [2.75, 3.05) is 11.9 Å². The van der Waals surface area contributed by atoms with E-state index in [0.29, 0.717) is 12.1 Å². The summed E-state index contributed by atoms with van der Waals surface area (Å²) < 4.78 is 1.73. The maximum atomic E-state index is 11.7. The first kappa shape index (κ1) is 16.0. The van der Waals surface area contributed by atoms with Crippen molar-refractivity contribution in [1.82, 2.24) is 15.1 Å². The molecule has 1 heterocycles. The number of carbonyl (C=O) groups excluding carboxylic acids is 1. The lowest BCUT2D eigenvalue weighted by Gasteiger charge is -2.12. The Kier molecular flexibility index (Phi) is 6.02. The molecule has 0 fully saturated rings. The Labute approximate surface area is 118 Å². The Balaban J connectivity index is 2.44. The van der Waals surface area contributed by atoms with Gasteiger partial charge in [-0.3, -0.25) is 9.48 Å². The smallest absolute Gasteiger partial charge is 0.319 e. The quantitative estimate of drug-likeness (QED) is 0.713. The second kappa shape index (κ2) is 7.52. The van der Waals surface area contributed by atoms with Gasteiger partial charge in [-0.15, -0.1) is 0 Å². The van der Waals surface area contributed by atoms with E-state index in [1.54, 1.807) is 17.1 Å². The second-order valence-corrected chi connectivity index (χ2v) is 4.96. The molecule has 2 amide bonds. The minimum atomic E-state index is -0.889. The number of nitrogens with one attached hydrogen (secondary N) is 2. The fourth-order valence-corrected chi connectivity index (χ4v) is 1.74. The number of carboxylic acid groups (broad SMARTS) is 1. The average molecular weight is 282 g/mol. The number of aliphatic carboxylic acids is 1. The Morgan fingerprint density at radius 1 is 1.45 bits per heavy atom. The third-order valence-electron chi connectivity index (χ3n) is 2.88. The number of aromatic nitrogens is 2. The van der Waals surface area contributed by atoms with Crippen molar-refractivity contribution in [2.45, 2.75) is 39.7 Å². The molecule has 1 aromatic heterocycles. The number of carbonyl (C=O) groups is 2. The number of carboxylic acids is 1. The highest BCUT2D eigenvalue weighted by atomic mass is 16.4. The molecule has 0 aliphatic heterocycles. The summed E-state index contributed by atoms with van der Waals surface area (Å²) in [6, 6.07) is -0.204. The van der Waals surface area contributed by atoms with Crippen LogP contribution in [0.5, 0.6) is 0 Å². The summed E-state index contributed by atoms with van der Waals surface area (Å²) in [6.07, 6.45) is 4.59. The van der Waals surface area contributed by atoms with Crippen LogP contribution in [0.1, 0.15) is 39.7 Å². The van der Waals surface area contributed by atoms with Crippen LogP contribution >= 0.6 is 0 Å². The summed E-state index contributed by atoms with van der Waals surface area (Å²) in [6.45, 7) is 6.00. The molecule has 0 aliphatic carbocycles. The second-order valence-electron chi connectivity index (χ2n) is 4.96. The van der Waals surface area contributed by atoms with Crippen molar-refractivity contribution >= 4 is 17.7 Å². The molecule has 0 saturated heterocycles. The molecule has 0 radical (unpaired) electrons. The van der Waals surface area contributed by atoms with Gasteiger partial charge in [0.15, 0.2) is 0 Å². The van der Waals surface area contributed by atoms with Crippen molar-refractivity contribution in [2.24, 2.45) is 5.92 Å². The van der Waals surface area contributed by atoms with Crippen LogP contribution in [0.3, 0.4) is 0 Å². The molecule has 1 unspecified atom stereocenters. The van der Waals surface area contributed by atoms with Crippen LogP contribution in [-0.4, -0.2) is 33.4 Å². The van der Waals surface area contributed by atoms with Gasteiger partial charge >= 0.3 is 12.0 Å². The van der Waals surface area contributed by atoms with Crippen LogP contribution in [0.25, 0.3) is 0 Å². The summed E-state index contributed by atoms with van der Waals surface area (Å²) in [7, 11) is 0. The van der Waals surface area contributed by atoms with Gasteiger partial charge in [0.1, 0.15) is 0 Å². The van der Waals surface area contributed by atoms with Gasteiger partial charge in [-0.05, 0) is 20.3 Å². The summed E-state index contributed by atoms with van der Waals surface area (Å²) in [5, 5.41) is 18.3. The van der Waals surface area contributed by atoms with E-state index in [1.165, 1.54) is 0 Å². The number of anilines is 1. The number of hydrogen-bond donors (Lipinski definition) is 3. The van der Waals surface area contributed by atoms with Crippen LogP contribution in [0.15, 0.2) is 12.4 Å². The zero-order valence-corrected chi connectivity index (χ0v) is 12.1. The highest BCUT2D eigenvalue weighted by Gasteiger charge is 2.17. The highest BCUT2D eigenvalue weighted by Crippen LogP contribution is 2.10. The van der Waals surface area contributed by atoms with E-state index < -0.39 is 17.9 Å². The first-order valence-electron chi connectivity index (χ1n) is 6.75. The standard InChI is InChI=1S/C13H22N4O3/c1-4-5-10(12(18)19)6-14-13(20)16-11-7-15-17(8-11)9(2)3/h7-10H,4-6H2,1-3H3,(H,18,19)(H2,14,16,20). The zero-order chi connectivity index (χ0) is 15.1. The molecule has 1 rings (SSSR count). The molecule has 1 atom stereocenters. The van der Waals surface area contributed by atoms with Crippen LogP contribution in [0.4, 0.5) is 10.5 Å². The van der Waals surface area contributed by atoms with E-state index in [0.717, 1.165) is 6.42 Å². The van der Waals surface area contributed by atoms with Crippen LogP contribution in [-0.2, 0) is 4.79 Å². The van der Waals surface area contributed by atoms with Gasteiger partial charge in [-0.2, -0.15) is 5.10 Å². The SMILES string of the molecule is CCCC(CNC(=O)Nc1cnn(C(C)C)c1)C(=O)O. The maximum Gasteiger partial charge on any atom is 0.319 e. The van der Waals surface area contributed by atoms with Crippen molar-refractivity contribution in [3.63, 3.8) is 0 Å². The van der Waals surface area contributed by atoms with Crippen molar-refractivity contribution in [3.8, 4) is 0 Å². The monoisotopic (exact) mass is 282 g/mol. The average Bonchev–Trinajstić information content (AvgIpc) is 2.82. The molecule has 0 saturated carbocycles. The lowest BCUT2D eigenvalue weighted by molar-refractivity contribution is -0.141. The molecule has 1 aromatic rings. The lowest BCUT2D eigenvalue weighted by Crippen LogP contribution is -2.35. The van der Waals surface area contributed by atoms with E-state index in [9.17, 15) is 9.59 Å². The van der Waals surface area contributed by atoms with Gasteiger partial charge in [0.05, 0.1) is 17.8 Å². The van der Waals surface area contributed by atoms with Gasteiger partial charge in [-0.1, -0.05) is 13.3 Å². The minimum Gasteiger partial charge on any atom is -0.481 e. The summed E-state index contributed by atoms with van der Waals surface area (Å²) in [5.74, 6) is -1.44. The third kappa shape index (κ3) is 4.91. The third-order valence-corrected chi connectivity index (χ3v) is 2.88. The highest BCUT2D eigenvalue weighted by molar-refractivity contribution is 5.89. The van der Waals surface area contributed by atoms with E-state index in [-0.39, 0.29) is 12.6 Å². The van der Waals surface area contributed by atoms with Crippen LogP contribution < -0.4 is 10.6 Å². The number of hydrogen-bond acceptors (Lipinski definition) is 3. The molecule has 112 valence electrons. The van der Waals surface area contributed by atoms with Crippen molar-refractivity contribution < 1.29 is 14.7 Å². The number of urea groups is 1. The summed E-state index contributed by atoms with van der Waals surface area (Å²) in [5.41, 5.74) is 0.582. The Bertz CT molecular complexity index is 456. The van der Waals surface area contributed by atoms with Gasteiger partial charge in [0.2, 0.25) is 0 Å². The van der Waals surface area contributed by atoms with Gasteiger partial charge in [-0.25, -0.2) is 4.79 Å². The fraction of sp³-hybridized carbons (Fsp3) is 0.615. The normalized spacial score (nSPS) is 12.2. The number of rotatable bonds is 7. The fourth-order valence-electron chi connectivity index (χ4n) is 1.74. The molecule has 20 heavy (non-hydrogen) atoms. The molecular weight excluding hydrogens is 260 g/mol. The van der Waals surface area contributed by atoms with E-state index in [4.69, 9.17) is 5.11 Å². The molecular formula is C13H22N4O3. The lowest BCUT2D eigenvalue weighted by atomic mass is 10.0. The van der Waals surface area contributed by atoms with E-state index >= 15 is 0 Å². The first-order chi connectivity index (χ1) is 9.43. The summed E-state index contributed by atoms with van der Waals surface area (Å²) in [4.78, 5) is 22.6. The molecule has 0 spiro atoms. The van der Waals surface area contributed by atoms with Gasteiger partial charge in [0.25, 0.3) is 0 Å². The molecule has 0 aromatic carbocycles. The topological polar surface area (TPSA) is 96.3 Å². The zero-order valence-electron chi connectivity index (χ0n) is 12.1. The minimum absolute atomic E-state index is 0.118. The molecule has 7 nitrogen and oxygen atoms in total. The van der Waals surface area contributed by atoms with Crippen LogP contribution in [0.2, 0.25) is 0 Å². The molecule has 0 bridgehead atoms. The predicted octanol–water partition coefficient (Wildman–Crippen LogP) is 2.09. The summed E-state index contributed by atoms with van der Waals surface area (Å²) >= 11 is 0. The molecule has 3 N–H and O–H groups in total. The van der Waals surface area contributed by atoms with Crippen molar-refractivity contribution in [3.05, 3.63) is 12.4 Å². The molecule has 0 aliphatic rings. The number of amides is 2. The van der Waals surface area contributed by atoms with E-state index in [1.807, 2.05) is 20.8 Å². The van der Waals surface area contributed by atoms with E-state index in [2.05, 4.69) is 15.7 Å². The Hall–Kier alpha value is -2.05. The maximum absolute atomic E-state index is 11.7. The van der Waals surface area contributed by atoms with Gasteiger partial charge in [0, 0.05) is 18.8 Å². The molecule has 7 heteroatoms. The number of nitrogens with zero attached hydrogens (tertiary/aromatic N) is 2. The Morgan fingerprint density at radius 2 is 2.15 bits per heavy atom. The van der Waals surface area contributed by atoms with Gasteiger partial charge < -0.3 is 15.7 Å². The first-order valence-corrected chi connectivity index (χ1v) is 6.75. The Morgan fingerprint density at radius 3 is 2.65 bits per heavy atom. The largest absolute Gasteiger partial charge is 0.481 e. The van der Waals surface area contributed by atoms with Crippen molar-refractivity contribution in [1.29, 1.82) is 0 Å². The van der Waals surface area contributed by atoms with Crippen LogP contribution in [0, 0.1) is 5.92 Å².